The number of rotatable bonds is 4. The van der Waals surface area contributed by atoms with Gasteiger partial charge in [-0.05, 0) is 37.0 Å². The van der Waals surface area contributed by atoms with E-state index in [-0.39, 0.29) is 31.1 Å². The maximum Gasteiger partial charge on any atom is 0.239 e. The summed E-state index contributed by atoms with van der Waals surface area (Å²) in [6.45, 7) is 5.34. The first kappa shape index (κ1) is 21.0. The Hall–Kier alpha value is -2.67. The highest BCUT2D eigenvalue weighted by Crippen LogP contribution is 2.30. The summed E-state index contributed by atoms with van der Waals surface area (Å²) in [6.07, 6.45) is 7.49. The quantitative estimate of drug-likeness (QED) is 0.697. The van der Waals surface area contributed by atoms with Crippen molar-refractivity contribution >= 4 is 16.8 Å². The van der Waals surface area contributed by atoms with Crippen molar-refractivity contribution < 1.29 is 9.18 Å². The van der Waals surface area contributed by atoms with Crippen LogP contribution in [0, 0.1) is 11.7 Å². The van der Waals surface area contributed by atoms with Gasteiger partial charge in [0.2, 0.25) is 5.91 Å². The molecule has 0 spiro atoms. The number of nitrogens with two attached hydrogens (primary N) is 1. The molecule has 1 saturated heterocycles. The smallest absolute Gasteiger partial charge is 0.239 e. The van der Waals surface area contributed by atoms with Crippen molar-refractivity contribution in [2.45, 2.75) is 46.2 Å². The molecule has 29 heavy (non-hydrogen) atoms. The fourth-order valence-electron chi connectivity index (χ4n) is 3.86. The Bertz CT molecular complexity index is 984. The lowest BCUT2D eigenvalue weighted by Crippen LogP contribution is -2.49. The number of carbonyl (C=O) groups excluding carboxylic acids is 1. The zero-order chi connectivity index (χ0) is 19.8. The number of H-pyrrole nitrogens is 1. The molecule has 3 heterocycles. The van der Waals surface area contributed by atoms with E-state index in [0.717, 1.165) is 34.9 Å². The van der Waals surface area contributed by atoms with Crippen LogP contribution >= 0.6 is 0 Å². The molecule has 0 unspecified atom stereocenters. The molecule has 1 atom stereocenters. The molecular weight excluding hydrogens is 369 g/mol. The Labute approximate surface area is 170 Å². The van der Waals surface area contributed by atoms with Crippen LogP contribution in [0.1, 0.15) is 40.2 Å². The molecule has 1 aliphatic heterocycles. The van der Waals surface area contributed by atoms with E-state index in [1.807, 2.05) is 42.0 Å². The summed E-state index contributed by atoms with van der Waals surface area (Å²) in [5, 5.41) is 5.53. The molecule has 156 valence electrons. The van der Waals surface area contributed by atoms with Crippen LogP contribution in [0.25, 0.3) is 22.0 Å². The van der Waals surface area contributed by atoms with Gasteiger partial charge in [0.25, 0.3) is 0 Å². The van der Waals surface area contributed by atoms with Crippen LogP contribution in [0.2, 0.25) is 0 Å². The number of aromatic nitrogens is 3. The van der Waals surface area contributed by atoms with Gasteiger partial charge in [0.05, 0.1) is 18.3 Å². The summed E-state index contributed by atoms with van der Waals surface area (Å²) < 4.78 is 15.4. The number of nitrogens with zero attached hydrogens (tertiary/aromatic N) is 3. The molecule has 3 N–H and O–H groups in total. The summed E-state index contributed by atoms with van der Waals surface area (Å²) >= 11 is 0. The van der Waals surface area contributed by atoms with Crippen LogP contribution in [0.3, 0.4) is 0 Å². The topological polar surface area (TPSA) is 79.9 Å². The third kappa shape index (κ3) is 4.05. The lowest BCUT2D eigenvalue weighted by molar-refractivity contribution is -0.134. The number of fused-ring (bicyclic) bond motifs is 1. The molecule has 0 radical (unpaired) electrons. The minimum Gasteiger partial charge on any atom is -0.360 e. The van der Waals surface area contributed by atoms with Crippen LogP contribution < -0.4 is 5.73 Å². The molecule has 4 rings (SSSR count). The summed E-state index contributed by atoms with van der Waals surface area (Å²) in [4.78, 5) is 17.4. The van der Waals surface area contributed by atoms with Gasteiger partial charge in [-0.15, -0.1) is 0 Å². The SMILES string of the molecule is C.CC(C)[C@H](N)C(=O)N1CCC(n2cc(-c3c[nH]c4cc(F)ccc34)cn2)CC1. The number of halogens is 1. The average Bonchev–Trinajstić information content (AvgIpc) is 3.33. The molecule has 1 aromatic carbocycles. The van der Waals surface area contributed by atoms with E-state index in [9.17, 15) is 9.18 Å². The molecule has 3 aromatic rings. The first-order valence-corrected chi connectivity index (χ1v) is 9.79. The second-order valence-electron chi connectivity index (χ2n) is 7.93. The average molecular weight is 400 g/mol. The Morgan fingerprint density at radius 1 is 1.31 bits per heavy atom. The lowest BCUT2D eigenvalue weighted by Gasteiger charge is -2.34. The molecule has 1 aliphatic rings. The second kappa shape index (κ2) is 8.37. The number of likely N-dealkylation sites (tertiary alicyclic amines) is 1. The Balaban J connectivity index is 0.00000240. The number of benzene rings is 1. The lowest BCUT2D eigenvalue weighted by atomic mass is 10.0. The van der Waals surface area contributed by atoms with Crippen LogP contribution in [0.4, 0.5) is 4.39 Å². The van der Waals surface area contributed by atoms with Crippen molar-refractivity contribution in [1.82, 2.24) is 19.7 Å². The van der Waals surface area contributed by atoms with Gasteiger partial charge in [-0.3, -0.25) is 9.48 Å². The number of hydrogen-bond donors (Lipinski definition) is 2. The second-order valence-corrected chi connectivity index (χ2v) is 7.93. The predicted molar refractivity (Wildman–Crippen MR) is 114 cm³/mol. The van der Waals surface area contributed by atoms with Crippen LogP contribution in [-0.2, 0) is 4.79 Å². The monoisotopic (exact) mass is 399 g/mol. The third-order valence-corrected chi connectivity index (χ3v) is 5.71. The largest absolute Gasteiger partial charge is 0.360 e. The first-order valence-electron chi connectivity index (χ1n) is 9.79. The van der Waals surface area contributed by atoms with Gasteiger partial charge >= 0.3 is 0 Å². The summed E-state index contributed by atoms with van der Waals surface area (Å²) in [7, 11) is 0. The summed E-state index contributed by atoms with van der Waals surface area (Å²) in [6, 6.07) is 4.59. The molecule has 0 bridgehead atoms. The summed E-state index contributed by atoms with van der Waals surface area (Å²) in [5.41, 5.74) is 8.80. The van der Waals surface area contributed by atoms with Gasteiger partial charge in [0, 0.05) is 47.5 Å². The standard InChI is InChI=1S/C21H26FN5O.CH4/c1-13(2)20(23)21(28)26-7-5-16(6-8-26)27-12-14(10-25-27)18-11-24-19-9-15(22)3-4-17(18)19;/h3-4,9-13,16,20,24H,5-8,23H2,1-2H3;1H4/t20-;/m0./s1. The number of nitrogens with one attached hydrogen (secondary N) is 1. The zero-order valence-electron chi connectivity index (χ0n) is 16.2. The minimum atomic E-state index is -0.431. The fourth-order valence-corrected chi connectivity index (χ4v) is 3.86. The van der Waals surface area contributed by atoms with E-state index < -0.39 is 6.04 Å². The number of piperidine rings is 1. The molecule has 7 heteroatoms. The molecule has 6 nitrogen and oxygen atoms in total. The van der Waals surface area contributed by atoms with Crippen molar-refractivity contribution in [3.05, 3.63) is 42.6 Å². The van der Waals surface area contributed by atoms with Gasteiger partial charge in [0.15, 0.2) is 0 Å². The Kier molecular flexibility index (Phi) is 6.07. The highest BCUT2D eigenvalue weighted by atomic mass is 19.1. The van der Waals surface area contributed by atoms with E-state index in [1.54, 1.807) is 6.07 Å². The van der Waals surface area contributed by atoms with Crippen LogP contribution in [-0.4, -0.2) is 44.7 Å². The first-order chi connectivity index (χ1) is 13.4. The Morgan fingerprint density at radius 2 is 2.03 bits per heavy atom. The maximum absolute atomic E-state index is 13.4. The van der Waals surface area contributed by atoms with Gasteiger partial charge in [-0.1, -0.05) is 21.3 Å². The van der Waals surface area contributed by atoms with Crippen molar-refractivity contribution in [3.8, 4) is 11.1 Å². The Morgan fingerprint density at radius 3 is 2.72 bits per heavy atom. The molecule has 1 fully saturated rings. The number of amides is 1. The minimum absolute atomic E-state index is 0. The number of aromatic amines is 1. The predicted octanol–water partition coefficient (Wildman–Crippen LogP) is 3.95. The molecule has 2 aromatic heterocycles. The molecular formula is C22H30FN5O. The van der Waals surface area contributed by atoms with Gasteiger partial charge in [0.1, 0.15) is 5.82 Å². The van der Waals surface area contributed by atoms with Crippen molar-refractivity contribution in [2.75, 3.05) is 13.1 Å². The van der Waals surface area contributed by atoms with Gasteiger partial charge in [-0.2, -0.15) is 5.10 Å². The zero-order valence-corrected chi connectivity index (χ0v) is 16.2. The van der Waals surface area contributed by atoms with E-state index in [0.29, 0.717) is 13.1 Å². The van der Waals surface area contributed by atoms with Crippen molar-refractivity contribution in [1.29, 1.82) is 0 Å². The highest BCUT2D eigenvalue weighted by molar-refractivity contribution is 5.95. The maximum atomic E-state index is 13.4. The van der Waals surface area contributed by atoms with Crippen LogP contribution in [0.15, 0.2) is 36.8 Å². The number of carbonyl (C=O) groups is 1. The van der Waals surface area contributed by atoms with Gasteiger partial charge < -0.3 is 15.6 Å². The number of hydrogen-bond acceptors (Lipinski definition) is 3. The van der Waals surface area contributed by atoms with Gasteiger partial charge in [-0.25, -0.2) is 4.39 Å². The molecule has 0 aliphatic carbocycles. The fraction of sp³-hybridized carbons (Fsp3) is 0.455. The van der Waals surface area contributed by atoms with E-state index in [1.165, 1.54) is 12.1 Å². The summed E-state index contributed by atoms with van der Waals surface area (Å²) in [5.74, 6) is -0.0701. The van der Waals surface area contributed by atoms with E-state index in [4.69, 9.17) is 5.73 Å². The van der Waals surface area contributed by atoms with E-state index in [2.05, 4.69) is 10.1 Å². The van der Waals surface area contributed by atoms with Crippen molar-refractivity contribution in [2.24, 2.45) is 11.7 Å². The molecule has 0 saturated carbocycles. The highest BCUT2D eigenvalue weighted by Gasteiger charge is 2.28. The molecule has 1 amide bonds. The third-order valence-electron chi connectivity index (χ3n) is 5.71. The van der Waals surface area contributed by atoms with Crippen LogP contribution in [0.5, 0.6) is 0 Å². The van der Waals surface area contributed by atoms with Crippen molar-refractivity contribution in [3.63, 3.8) is 0 Å². The normalized spacial score (nSPS) is 16.2. The van der Waals surface area contributed by atoms with E-state index >= 15 is 0 Å².